The maximum atomic E-state index is 12.2. The second-order valence-corrected chi connectivity index (χ2v) is 7.27. The third-order valence-electron chi connectivity index (χ3n) is 4.69. The standard InChI is InChI=1S/C17H22N4O2S/c1-11-5-3-7-14(12(11)2)19-15(22)10-24-17-21-20-16(23-17)13-6-4-8-18-9-13/h4,6,8-9,11-12,14H,3,5,7,10H2,1-2H3,(H,19,22)/t11-,12+,14-/m1/s1. The molecule has 6 nitrogen and oxygen atoms in total. The van der Waals surface area contributed by atoms with Crippen LogP contribution in [0.3, 0.4) is 0 Å². The Bertz CT molecular complexity index is 676. The zero-order valence-corrected chi connectivity index (χ0v) is 14.8. The summed E-state index contributed by atoms with van der Waals surface area (Å²) in [6.45, 7) is 4.48. The molecule has 1 fully saturated rings. The molecule has 128 valence electrons. The van der Waals surface area contributed by atoms with Crippen molar-refractivity contribution in [2.45, 2.75) is 44.4 Å². The molecule has 1 aliphatic rings. The summed E-state index contributed by atoms with van der Waals surface area (Å²) in [7, 11) is 0. The first-order valence-electron chi connectivity index (χ1n) is 8.29. The van der Waals surface area contributed by atoms with Gasteiger partial charge in [0.05, 0.1) is 11.3 Å². The minimum Gasteiger partial charge on any atom is -0.411 e. The highest BCUT2D eigenvalue weighted by molar-refractivity contribution is 7.99. The minimum atomic E-state index is 0.0204. The van der Waals surface area contributed by atoms with E-state index in [1.807, 2.05) is 12.1 Å². The van der Waals surface area contributed by atoms with Crippen LogP contribution in [-0.2, 0) is 4.79 Å². The van der Waals surface area contributed by atoms with Crippen LogP contribution in [0, 0.1) is 11.8 Å². The molecule has 2 aromatic rings. The highest BCUT2D eigenvalue weighted by atomic mass is 32.2. The van der Waals surface area contributed by atoms with Gasteiger partial charge in [0.15, 0.2) is 0 Å². The predicted molar refractivity (Wildman–Crippen MR) is 92.4 cm³/mol. The monoisotopic (exact) mass is 346 g/mol. The molecule has 0 unspecified atom stereocenters. The van der Waals surface area contributed by atoms with Crippen LogP contribution >= 0.6 is 11.8 Å². The minimum absolute atomic E-state index is 0.0204. The number of aromatic nitrogens is 3. The number of pyridine rings is 1. The number of carbonyl (C=O) groups is 1. The van der Waals surface area contributed by atoms with Crippen molar-refractivity contribution in [3.05, 3.63) is 24.5 Å². The lowest BCUT2D eigenvalue weighted by atomic mass is 9.78. The van der Waals surface area contributed by atoms with Gasteiger partial charge in [0, 0.05) is 18.4 Å². The van der Waals surface area contributed by atoms with Crippen molar-refractivity contribution in [2.75, 3.05) is 5.75 Å². The van der Waals surface area contributed by atoms with Gasteiger partial charge in [-0.3, -0.25) is 9.78 Å². The molecule has 0 spiro atoms. The van der Waals surface area contributed by atoms with Crippen LogP contribution in [0.5, 0.6) is 0 Å². The molecule has 1 saturated carbocycles. The van der Waals surface area contributed by atoms with Crippen molar-refractivity contribution in [3.63, 3.8) is 0 Å². The summed E-state index contributed by atoms with van der Waals surface area (Å²) in [4.78, 5) is 16.2. The summed E-state index contributed by atoms with van der Waals surface area (Å²) in [6.07, 6.45) is 6.85. The van der Waals surface area contributed by atoms with Crippen LogP contribution < -0.4 is 5.32 Å². The fraction of sp³-hybridized carbons (Fsp3) is 0.529. The van der Waals surface area contributed by atoms with E-state index >= 15 is 0 Å². The van der Waals surface area contributed by atoms with Crippen molar-refractivity contribution >= 4 is 17.7 Å². The van der Waals surface area contributed by atoms with Gasteiger partial charge < -0.3 is 9.73 Å². The molecule has 0 aromatic carbocycles. The van der Waals surface area contributed by atoms with E-state index in [2.05, 4.69) is 34.3 Å². The van der Waals surface area contributed by atoms with Crippen LogP contribution in [0.2, 0.25) is 0 Å². The second kappa shape index (κ2) is 7.79. The number of hydrogen-bond donors (Lipinski definition) is 1. The molecule has 0 aliphatic heterocycles. The van der Waals surface area contributed by atoms with E-state index in [1.54, 1.807) is 12.4 Å². The van der Waals surface area contributed by atoms with E-state index < -0.39 is 0 Å². The summed E-state index contributed by atoms with van der Waals surface area (Å²) >= 11 is 1.26. The molecule has 24 heavy (non-hydrogen) atoms. The van der Waals surface area contributed by atoms with Gasteiger partial charge in [-0.15, -0.1) is 10.2 Å². The summed E-state index contributed by atoms with van der Waals surface area (Å²) in [5.41, 5.74) is 0.770. The van der Waals surface area contributed by atoms with Crippen LogP contribution in [0.1, 0.15) is 33.1 Å². The fourth-order valence-electron chi connectivity index (χ4n) is 3.04. The van der Waals surface area contributed by atoms with E-state index in [9.17, 15) is 4.79 Å². The quantitative estimate of drug-likeness (QED) is 0.838. The average Bonchev–Trinajstić information content (AvgIpc) is 3.07. The molecule has 3 atom stereocenters. The van der Waals surface area contributed by atoms with E-state index in [1.165, 1.54) is 24.6 Å². The molecule has 7 heteroatoms. The Morgan fingerprint density at radius 2 is 2.25 bits per heavy atom. The number of nitrogens with zero attached hydrogens (tertiary/aromatic N) is 3. The normalized spacial score (nSPS) is 23.8. The van der Waals surface area contributed by atoms with E-state index in [0.29, 0.717) is 22.9 Å². The maximum absolute atomic E-state index is 12.2. The number of rotatable bonds is 5. The Balaban J connectivity index is 1.51. The molecular formula is C17H22N4O2S. The zero-order chi connectivity index (χ0) is 16.9. The molecule has 1 N–H and O–H groups in total. The second-order valence-electron chi connectivity index (χ2n) is 6.34. The highest BCUT2D eigenvalue weighted by Crippen LogP contribution is 2.29. The summed E-state index contributed by atoms with van der Waals surface area (Å²) in [6, 6.07) is 3.94. The number of hydrogen-bond acceptors (Lipinski definition) is 6. The van der Waals surface area contributed by atoms with Crippen LogP contribution in [0.4, 0.5) is 0 Å². The molecule has 1 amide bonds. The Labute approximate surface area is 145 Å². The van der Waals surface area contributed by atoms with Crippen molar-refractivity contribution < 1.29 is 9.21 Å². The number of amides is 1. The smallest absolute Gasteiger partial charge is 0.277 e. The van der Waals surface area contributed by atoms with Crippen LogP contribution in [-0.4, -0.2) is 32.9 Å². The van der Waals surface area contributed by atoms with Gasteiger partial charge in [0.1, 0.15) is 0 Å². The molecule has 0 saturated heterocycles. The number of carbonyl (C=O) groups excluding carboxylic acids is 1. The number of nitrogens with one attached hydrogen (secondary N) is 1. The Morgan fingerprint density at radius 3 is 3.04 bits per heavy atom. The van der Waals surface area contributed by atoms with Gasteiger partial charge in [-0.2, -0.15) is 0 Å². The Hall–Kier alpha value is -1.89. The molecule has 0 radical (unpaired) electrons. The van der Waals surface area contributed by atoms with Gasteiger partial charge in [-0.25, -0.2) is 0 Å². The molecule has 0 bridgehead atoms. The first-order chi connectivity index (χ1) is 11.6. The molecule has 3 rings (SSSR count). The maximum Gasteiger partial charge on any atom is 0.277 e. The fourth-order valence-corrected chi connectivity index (χ4v) is 3.61. The summed E-state index contributed by atoms with van der Waals surface area (Å²) in [5.74, 6) is 1.91. The van der Waals surface area contributed by atoms with Crippen molar-refractivity contribution in [3.8, 4) is 11.5 Å². The lowest BCUT2D eigenvalue weighted by Crippen LogP contribution is -2.44. The predicted octanol–water partition coefficient (Wildman–Crippen LogP) is 3.16. The average molecular weight is 346 g/mol. The van der Waals surface area contributed by atoms with Crippen LogP contribution in [0.15, 0.2) is 34.2 Å². The van der Waals surface area contributed by atoms with Crippen molar-refractivity contribution in [1.29, 1.82) is 0 Å². The number of thioether (sulfide) groups is 1. The molecule has 2 aromatic heterocycles. The largest absolute Gasteiger partial charge is 0.411 e. The Kier molecular flexibility index (Phi) is 5.50. The van der Waals surface area contributed by atoms with E-state index in [-0.39, 0.29) is 17.7 Å². The van der Waals surface area contributed by atoms with Gasteiger partial charge in [0.2, 0.25) is 11.8 Å². The SMILES string of the molecule is C[C@H]1[C@H](C)CCC[C@H]1NC(=O)CSc1nnc(-c2cccnc2)o1. The first kappa shape index (κ1) is 17.0. The third kappa shape index (κ3) is 4.14. The van der Waals surface area contributed by atoms with Gasteiger partial charge in [-0.05, 0) is 30.4 Å². The lowest BCUT2D eigenvalue weighted by Gasteiger charge is -2.34. The van der Waals surface area contributed by atoms with Crippen LogP contribution in [0.25, 0.3) is 11.5 Å². The molecule has 1 aliphatic carbocycles. The van der Waals surface area contributed by atoms with Gasteiger partial charge >= 0.3 is 0 Å². The van der Waals surface area contributed by atoms with Crippen molar-refractivity contribution in [1.82, 2.24) is 20.5 Å². The zero-order valence-electron chi connectivity index (χ0n) is 13.9. The first-order valence-corrected chi connectivity index (χ1v) is 9.28. The van der Waals surface area contributed by atoms with Gasteiger partial charge in [0.25, 0.3) is 5.22 Å². The van der Waals surface area contributed by atoms with Crippen molar-refractivity contribution in [2.24, 2.45) is 11.8 Å². The summed E-state index contributed by atoms with van der Waals surface area (Å²) < 4.78 is 5.57. The lowest BCUT2D eigenvalue weighted by molar-refractivity contribution is -0.120. The summed E-state index contributed by atoms with van der Waals surface area (Å²) in [5, 5.41) is 11.5. The Morgan fingerprint density at radius 1 is 1.38 bits per heavy atom. The molecule has 2 heterocycles. The molecular weight excluding hydrogens is 324 g/mol. The third-order valence-corrected chi connectivity index (χ3v) is 5.51. The van der Waals surface area contributed by atoms with Gasteiger partial charge in [-0.1, -0.05) is 38.5 Å². The highest BCUT2D eigenvalue weighted by Gasteiger charge is 2.28. The topological polar surface area (TPSA) is 80.9 Å². The van der Waals surface area contributed by atoms with E-state index in [4.69, 9.17) is 4.42 Å². The van der Waals surface area contributed by atoms with E-state index in [0.717, 1.165) is 12.0 Å².